The van der Waals surface area contributed by atoms with Crippen LogP contribution in [0.5, 0.6) is 0 Å². The summed E-state index contributed by atoms with van der Waals surface area (Å²) in [4.78, 5) is 8.96. The van der Waals surface area contributed by atoms with Gasteiger partial charge in [-0.15, -0.1) is 0 Å². The molecule has 1 saturated heterocycles. The molecule has 0 spiro atoms. The van der Waals surface area contributed by atoms with E-state index in [2.05, 4.69) is 15.3 Å². The van der Waals surface area contributed by atoms with Crippen molar-refractivity contribution in [3.05, 3.63) is 17.1 Å². The molecule has 2 aliphatic rings. The first-order valence-corrected chi connectivity index (χ1v) is 6.25. The molecular formula is C12H18N4O. The third kappa shape index (κ3) is 2.25. The van der Waals surface area contributed by atoms with Gasteiger partial charge in [-0.2, -0.15) is 0 Å². The fourth-order valence-corrected chi connectivity index (χ4v) is 2.58. The summed E-state index contributed by atoms with van der Waals surface area (Å²) in [5, 5.41) is 3.41. The average molecular weight is 234 g/mol. The van der Waals surface area contributed by atoms with E-state index in [-0.39, 0.29) is 0 Å². The predicted octanol–water partition coefficient (Wildman–Crippen LogP) is 0.631. The summed E-state index contributed by atoms with van der Waals surface area (Å²) in [6.45, 7) is 3.35. The molecule has 3 N–H and O–H groups in total. The summed E-state index contributed by atoms with van der Waals surface area (Å²) < 4.78 is 5.35. The second-order valence-electron chi connectivity index (χ2n) is 4.86. The number of anilines is 1. The molecule has 0 amide bonds. The van der Waals surface area contributed by atoms with Crippen molar-refractivity contribution in [2.24, 2.45) is 5.92 Å². The first kappa shape index (κ1) is 10.9. The molecule has 92 valence electrons. The summed E-state index contributed by atoms with van der Waals surface area (Å²) in [6.07, 6.45) is 3.42. The van der Waals surface area contributed by atoms with Gasteiger partial charge in [0, 0.05) is 12.0 Å². The van der Waals surface area contributed by atoms with Crippen LogP contribution in [0, 0.1) is 5.92 Å². The maximum Gasteiger partial charge on any atom is 0.133 e. The van der Waals surface area contributed by atoms with Crippen molar-refractivity contribution in [1.29, 1.82) is 0 Å². The van der Waals surface area contributed by atoms with E-state index >= 15 is 0 Å². The quantitative estimate of drug-likeness (QED) is 0.785. The Morgan fingerprint density at radius 2 is 2.29 bits per heavy atom. The van der Waals surface area contributed by atoms with Gasteiger partial charge in [-0.05, 0) is 31.8 Å². The number of piperidine rings is 1. The monoisotopic (exact) mass is 234 g/mol. The zero-order chi connectivity index (χ0) is 11.7. The largest absolute Gasteiger partial charge is 0.383 e. The van der Waals surface area contributed by atoms with Crippen molar-refractivity contribution in [3.8, 4) is 0 Å². The topological polar surface area (TPSA) is 73.1 Å². The van der Waals surface area contributed by atoms with Crippen LogP contribution in [0.25, 0.3) is 0 Å². The summed E-state index contributed by atoms with van der Waals surface area (Å²) >= 11 is 0. The molecule has 0 aromatic carbocycles. The van der Waals surface area contributed by atoms with E-state index < -0.39 is 0 Å². The molecule has 5 nitrogen and oxygen atoms in total. The number of hydrogen-bond donors (Lipinski definition) is 2. The Bertz CT molecular complexity index is 415. The smallest absolute Gasteiger partial charge is 0.133 e. The van der Waals surface area contributed by atoms with Crippen LogP contribution in [0.4, 0.5) is 5.82 Å². The molecule has 1 atom stereocenters. The second-order valence-corrected chi connectivity index (χ2v) is 4.86. The fraction of sp³-hybridized carbons (Fsp3) is 0.667. The molecule has 0 bridgehead atoms. The lowest BCUT2D eigenvalue weighted by Gasteiger charge is -2.22. The van der Waals surface area contributed by atoms with E-state index in [1.54, 1.807) is 0 Å². The van der Waals surface area contributed by atoms with E-state index in [4.69, 9.17) is 10.5 Å². The second kappa shape index (κ2) is 4.58. The third-order valence-electron chi connectivity index (χ3n) is 3.53. The molecule has 2 aliphatic heterocycles. The molecule has 0 aliphatic carbocycles. The molecular weight excluding hydrogens is 216 g/mol. The standard InChI is InChI=1S/C12H18N4O/c13-12-9-6-17-7-10(9)15-11(16-12)4-8-2-1-3-14-5-8/h8,14H,1-7H2,(H2,13,15,16). The Hall–Kier alpha value is -1.20. The first-order valence-electron chi connectivity index (χ1n) is 6.25. The molecule has 0 radical (unpaired) electrons. The highest BCUT2D eigenvalue weighted by atomic mass is 16.5. The van der Waals surface area contributed by atoms with Crippen LogP contribution >= 0.6 is 0 Å². The Morgan fingerprint density at radius 3 is 3.12 bits per heavy atom. The highest BCUT2D eigenvalue weighted by molar-refractivity contribution is 5.43. The number of nitrogens with one attached hydrogen (secondary N) is 1. The molecule has 3 heterocycles. The van der Waals surface area contributed by atoms with Gasteiger partial charge < -0.3 is 15.8 Å². The molecule has 1 aromatic rings. The van der Waals surface area contributed by atoms with Crippen LogP contribution in [0.1, 0.15) is 29.9 Å². The number of nitrogen functional groups attached to an aromatic ring is 1. The van der Waals surface area contributed by atoms with Gasteiger partial charge in [-0.25, -0.2) is 9.97 Å². The zero-order valence-electron chi connectivity index (χ0n) is 9.91. The van der Waals surface area contributed by atoms with Crippen molar-refractivity contribution < 1.29 is 4.74 Å². The third-order valence-corrected chi connectivity index (χ3v) is 3.53. The SMILES string of the molecule is Nc1nc(CC2CCCNC2)nc2c1COC2. The fourth-order valence-electron chi connectivity index (χ4n) is 2.58. The lowest BCUT2D eigenvalue weighted by atomic mass is 9.96. The van der Waals surface area contributed by atoms with Crippen molar-refractivity contribution in [2.75, 3.05) is 18.8 Å². The highest BCUT2D eigenvalue weighted by Gasteiger charge is 2.20. The van der Waals surface area contributed by atoms with Crippen molar-refractivity contribution in [3.63, 3.8) is 0 Å². The minimum absolute atomic E-state index is 0.562. The van der Waals surface area contributed by atoms with Crippen LogP contribution in [-0.4, -0.2) is 23.1 Å². The summed E-state index contributed by atoms with van der Waals surface area (Å²) in [5.41, 5.74) is 7.90. The Kier molecular flexibility index (Phi) is 2.94. The molecule has 3 rings (SSSR count). The van der Waals surface area contributed by atoms with Crippen LogP contribution < -0.4 is 11.1 Å². The Labute approximate surface area is 101 Å². The zero-order valence-corrected chi connectivity index (χ0v) is 9.91. The van der Waals surface area contributed by atoms with E-state index in [1.807, 2.05) is 0 Å². The summed E-state index contributed by atoms with van der Waals surface area (Å²) in [7, 11) is 0. The number of nitrogens with two attached hydrogens (primary N) is 1. The van der Waals surface area contributed by atoms with Crippen LogP contribution in [0.2, 0.25) is 0 Å². The molecule has 1 unspecified atom stereocenters. The maximum absolute atomic E-state index is 5.93. The number of rotatable bonds is 2. The molecule has 17 heavy (non-hydrogen) atoms. The number of fused-ring (bicyclic) bond motifs is 1. The van der Waals surface area contributed by atoms with Gasteiger partial charge in [-0.1, -0.05) is 0 Å². The average Bonchev–Trinajstić information content (AvgIpc) is 2.79. The minimum Gasteiger partial charge on any atom is -0.383 e. The Balaban J connectivity index is 1.76. The van der Waals surface area contributed by atoms with Crippen LogP contribution in [0.15, 0.2) is 0 Å². The normalized spacial score (nSPS) is 23.6. The molecule has 5 heteroatoms. The molecule has 0 saturated carbocycles. The first-order chi connectivity index (χ1) is 8.33. The number of ether oxygens (including phenoxy) is 1. The van der Waals surface area contributed by atoms with Gasteiger partial charge >= 0.3 is 0 Å². The number of aromatic nitrogens is 2. The molecule has 1 fully saturated rings. The van der Waals surface area contributed by atoms with Crippen LogP contribution in [-0.2, 0) is 24.4 Å². The van der Waals surface area contributed by atoms with E-state index in [0.717, 1.165) is 36.6 Å². The van der Waals surface area contributed by atoms with Crippen LogP contribution in [0.3, 0.4) is 0 Å². The van der Waals surface area contributed by atoms with Crippen molar-refractivity contribution in [1.82, 2.24) is 15.3 Å². The lowest BCUT2D eigenvalue weighted by Crippen LogP contribution is -2.31. The maximum atomic E-state index is 5.93. The van der Waals surface area contributed by atoms with Gasteiger partial charge in [0.2, 0.25) is 0 Å². The molecule has 1 aromatic heterocycles. The highest BCUT2D eigenvalue weighted by Crippen LogP contribution is 2.23. The van der Waals surface area contributed by atoms with Gasteiger partial charge in [0.1, 0.15) is 11.6 Å². The van der Waals surface area contributed by atoms with Crippen molar-refractivity contribution >= 4 is 5.82 Å². The van der Waals surface area contributed by atoms with E-state index in [1.165, 1.54) is 12.8 Å². The van der Waals surface area contributed by atoms with Gasteiger partial charge in [0.05, 0.1) is 18.9 Å². The van der Waals surface area contributed by atoms with E-state index in [0.29, 0.717) is 24.9 Å². The van der Waals surface area contributed by atoms with Crippen molar-refractivity contribution in [2.45, 2.75) is 32.5 Å². The van der Waals surface area contributed by atoms with Gasteiger partial charge in [0.15, 0.2) is 0 Å². The summed E-state index contributed by atoms with van der Waals surface area (Å²) in [5.74, 6) is 2.12. The van der Waals surface area contributed by atoms with E-state index in [9.17, 15) is 0 Å². The minimum atomic E-state index is 0.562. The number of nitrogens with zero attached hydrogens (tertiary/aromatic N) is 2. The van der Waals surface area contributed by atoms with Gasteiger partial charge in [-0.3, -0.25) is 0 Å². The number of hydrogen-bond acceptors (Lipinski definition) is 5. The summed E-state index contributed by atoms with van der Waals surface area (Å²) in [6, 6.07) is 0. The van der Waals surface area contributed by atoms with Gasteiger partial charge in [0.25, 0.3) is 0 Å². The Morgan fingerprint density at radius 1 is 1.35 bits per heavy atom. The predicted molar refractivity (Wildman–Crippen MR) is 64.2 cm³/mol. The lowest BCUT2D eigenvalue weighted by molar-refractivity contribution is 0.133.